The van der Waals surface area contributed by atoms with Gasteiger partial charge in [-0.2, -0.15) is 5.10 Å². The van der Waals surface area contributed by atoms with Gasteiger partial charge in [0.25, 0.3) is 0 Å². The number of nitrogens with zero attached hydrogens (tertiary/aromatic N) is 2. The standard InChI is InChI=1S/C22H19N3O2S/c1-14(2)16-9-7-15(8-10-16)12-23-25-22-24-19(13-28-22)18-11-17-5-3-4-6-20(17)27-21(18)26/h3-14H,1-2H3,(H,24,25)/b23-12-. The molecule has 28 heavy (non-hydrogen) atoms. The molecule has 0 spiro atoms. The number of hydrogen-bond donors (Lipinski definition) is 1. The van der Waals surface area contributed by atoms with E-state index in [0.29, 0.717) is 27.9 Å². The summed E-state index contributed by atoms with van der Waals surface area (Å²) in [6.07, 6.45) is 1.75. The van der Waals surface area contributed by atoms with Crippen LogP contribution in [-0.2, 0) is 0 Å². The van der Waals surface area contributed by atoms with Gasteiger partial charge < -0.3 is 4.42 Å². The van der Waals surface area contributed by atoms with Gasteiger partial charge in [-0.05, 0) is 29.2 Å². The van der Waals surface area contributed by atoms with Crippen molar-refractivity contribution in [3.63, 3.8) is 0 Å². The van der Waals surface area contributed by atoms with Crippen LogP contribution < -0.4 is 11.1 Å². The zero-order chi connectivity index (χ0) is 19.5. The molecular weight excluding hydrogens is 370 g/mol. The maximum absolute atomic E-state index is 12.3. The molecule has 0 saturated heterocycles. The highest BCUT2D eigenvalue weighted by atomic mass is 32.1. The Morgan fingerprint density at radius 3 is 2.71 bits per heavy atom. The van der Waals surface area contributed by atoms with Gasteiger partial charge in [0.05, 0.1) is 17.5 Å². The van der Waals surface area contributed by atoms with Crippen LogP contribution in [0.15, 0.2) is 74.3 Å². The van der Waals surface area contributed by atoms with Crippen LogP contribution in [0.25, 0.3) is 22.2 Å². The van der Waals surface area contributed by atoms with E-state index in [4.69, 9.17) is 4.42 Å². The average Bonchev–Trinajstić information content (AvgIpc) is 3.16. The van der Waals surface area contributed by atoms with Crippen LogP contribution in [0.4, 0.5) is 5.13 Å². The molecule has 0 bridgehead atoms. The molecule has 4 aromatic rings. The summed E-state index contributed by atoms with van der Waals surface area (Å²) in [7, 11) is 0. The highest BCUT2D eigenvalue weighted by Gasteiger charge is 2.11. The molecule has 0 aliphatic carbocycles. The van der Waals surface area contributed by atoms with Crippen LogP contribution in [0, 0.1) is 0 Å². The summed E-state index contributed by atoms with van der Waals surface area (Å²) in [6, 6.07) is 17.5. The molecular formula is C22H19N3O2S. The molecule has 4 rings (SSSR count). The normalized spacial score (nSPS) is 11.5. The van der Waals surface area contributed by atoms with Crippen molar-refractivity contribution in [2.75, 3.05) is 5.43 Å². The number of fused-ring (bicyclic) bond motifs is 1. The van der Waals surface area contributed by atoms with E-state index in [1.807, 2.05) is 35.7 Å². The molecule has 0 saturated carbocycles. The molecule has 0 radical (unpaired) electrons. The number of hydrazone groups is 1. The Morgan fingerprint density at radius 2 is 1.93 bits per heavy atom. The molecule has 6 heteroatoms. The fourth-order valence-electron chi connectivity index (χ4n) is 2.82. The van der Waals surface area contributed by atoms with Gasteiger partial charge in [-0.3, -0.25) is 5.43 Å². The number of benzene rings is 2. The average molecular weight is 389 g/mol. The minimum absolute atomic E-state index is 0.399. The van der Waals surface area contributed by atoms with Crippen LogP contribution in [0.3, 0.4) is 0 Å². The molecule has 0 atom stereocenters. The second kappa shape index (κ2) is 7.78. The van der Waals surface area contributed by atoms with Crippen LogP contribution >= 0.6 is 11.3 Å². The van der Waals surface area contributed by atoms with E-state index in [-0.39, 0.29) is 0 Å². The monoisotopic (exact) mass is 389 g/mol. The van der Waals surface area contributed by atoms with Crippen LogP contribution in [0.5, 0.6) is 0 Å². The SMILES string of the molecule is CC(C)c1ccc(/C=N\Nc2nc(-c3cc4ccccc4oc3=O)cs2)cc1. The lowest BCUT2D eigenvalue weighted by molar-refractivity contribution is 0.563. The Kier molecular flexibility index (Phi) is 5.04. The Balaban J connectivity index is 1.50. The number of para-hydroxylation sites is 1. The molecule has 0 fully saturated rings. The first-order valence-electron chi connectivity index (χ1n) is 8.98. The molecule has 0 aliphatic rings. The van der Waals surface area contributed by atoms with Crippen molar-refractivity contribution < 1.29 is 4.42 Å². The predicted octanol–water partition coefficient (Wildman–Crippen LogP) is 5.49. The quantitative estimate of drug-likeness (QED) is 0.279. The van der Waals surface area contributed by atoms with Crippen molar-refractivity contribution in [2.45, 2.75) is 19.8 Å². The Morgan fingerprint density at radius 1 is 1.14 bits per heavy atom. The summed E-state index contributed by atoms with van der Waals surface area (Å²) in [6.45, 7) is 4.33. The Hall–Kier alpha value is -3.25. The van der Waals surface area contributed by atoms with E-state index in [2.05, 4.69) is 41.5 Å². The molecule has 0 amide bonds. The number of aromatic nitrogens is 1. The molecule has 0 aliphatic heterocycles. The summed E-state index contributed by atoms with van der Waals surface area (Å²) in [5, 5.41) is 7.53. The van der Waals surface area contributed by atoms with Crippen LogP contribution in [-0.4, -0.2) is 11.2 Å². The first kappa shape index (κ1) is 18.1. The highest BCUT2D eigenvalue weighted by Crippen LogP contribution is 2.25. The first-order valence-corrected chi connectivity index (χ1v) is 9.86. The smallest absolute Gasteiger partial charge is 0.345 e. The number of rotatable bonds is 5. The maximum atomic E-state index is 12.3. The lowest BCUT2D eigenvalue weighted by atomic mass is 10.0. The lowest BCUT2D eigenvalue weighted by Crippen LogP contribution is -2.02. The molecule has 2 aromatic heterocycles. The van der Waals surface area contributed by atoms with Gasteiger partial charge in [-0.1, -0.05) is 56.3 Å². The molecule has 5 nitrogen and oxygen atoms in total. The van der Waals surface area contributed by atoms with Gasteiger partial charge in [-0.15, -0.1) is 11.3 Å². The number of anilines is 1. The number of nitrogens with one attached hydrogen (secondary N) is 1. The van der Waals surface area contributed by atoms with E-state index >= 15 is 0 Å². The third-order valence-electron chi connectivity index (χ3n) is 4.40. The van der Waals surface area contributed by atoms with Crippen molar-refractivity contribution in [2.24, 2.45) is 5.10 Å². The maximum Gasteiger partial charge on any atom is 0.345 e. The van der Waals surface area contributed by atoms with Crippen LogP contribution in [0.1, 0.15) is 30.9 Å². The van der Waals surface area contributed by atoms with E-state index in [1.165, 1.54) is 16.9 Å². The molecule has 1 N–H and O–H groups in total. The molecule has 0 unspecified atom stereocenters. The number of thiazole rings is 1. The van der Waals surface area contributed by atoms with Gasteiger partial charge >= 0.3 is 5.63 Å². The Labute approximate surface area is 166 Å². The highest BCUT2D eigenvalue weighted by molar-refractivity contribution is 7.14. The van der Waals surface area contributed by atoms with E-state index in [1.54, 1.807) is 18.3 Å². The molecule has 2 aromatic carbocycles. The minimum Gasteiger partial charge on any atom is -0.422 e. The van der Waals surface area contributed by atoms with Crippen LogP contribution in [0.2, 0.25) is 0 Å². The van der Waals surface area contributed by atoms with Crippen molar-refractivity contribution in [1.82, 2.24) is 4.98 Å². The summed E-state index contributed by atoms with van der Waals surface area (Å²) in [5.41, 5.74) is 6.40. The molecule has 2 heterocycles. The van der Waals surface area contributed by atoms with E-state index in [9.17, 15) is 4.79 Å². The zero-order valence-corrected chi connectivity index (χ0v) is 16.4. The second-order valence-corrected chi connectivity index (χ2v) is 7.57. The zero-order valence-electron chi connectivity index (χ0n) is 15.5. The van der Waals surface area contributed by atoms with Crippen molar-refractivity contribution in [3.05, 3.63) is 81.5 Å². The first-order chi connectivity index (χ1) is 13.6. The third kappa shape index (κ3) is 3.87. The Bertz CT molecular complexity index is 1190. The van der Waals surface area contributed by atoms with Gasteiger partial charge in [0.15, 0.2) is 0 Å². The van der Waals surface area contributed by atoms with Gasteiger partial charge in [0, 0.05) is 10.8 Å². The van der Waals surface area contributed by atoms with E-state index in [0.717, 1.165) is 10.9 Å². The topological polar surface area (TPSA) is 67.5 Å². The summed E-state index contributed by atoms with van der Waals surface area (Å²) in [5.74, 6) is 0.505. The summed E-state index contributed by atoms with van der Waals surface area (Å²) < 4.78 is 5.38. The van der Waals surface area contributed by atoms with E-state index < -0.39 is 5.63 Å². The van der Waals surface area contributed by atoms with Gasteiger partial charge in [-0.25, -0.2) is 9.78 Å². The third-order valence-corrected chi connectivity index (χ3v) is 5.15. The second-order valence-electron chi connectivity index (χ2n) is 6.71. The van der Waals surface area contributed by atoms with Crippen molar-refractivity contribution in [3.8, 4) is 11.3 Å². The largest absolute Gasteiger partial charge is 0.422 e. The summed E-state index contributed by atoms with van der Waals surface area (Å²) in [4.78, 5) is 16.7. The minimum atomic E-state index is -0.399. The van der Waals surface area contributed by atoms with Gasteiger partial charge in [0.1, 0.15) is 5.58 Å². The van der Waals surface area contributed by atoms with Crippen molar-refractivity contribution >= 4 is 33.7 Å². The fourth-order valence-corrected chi connectivity index (χ4v) is 3.48. The summed E-state index contributed by atoms with van der Waals surface area (Å²) >= 11 is 1.38. The predicted molar refractivity (Wildman–Crippen MR) is 115 cm³/mol. The van der Waals surface area contributed by atoms with Crippen molar-refractivity contribution in [1.29, 1.82) is 0 Å². The molecule has 140 valence electrons. The number of hydrogen-bond acceptors (Lipinski definition) is 6. The fraction of sp³-hybridized carbons (Fsp3) is 0.136. The lowest BCUT2D eigenvalue weighted by Gasteiger charge is -2.04. The van der Waals surface area contributed by atoms with Gasteiger partial charge in [0.2, 0.25) is 5.13 Å².